The van der Waals surface area contributed by atoms with Crippen molar-refractivity contribution in [3.05, 3.63) is 52.6 Å². The lowest BCUT2D eigenvalue weighted by Gasteiger charge is -1.98. The number of nitrogens with two attached hydrogens (primary N) is 1. The first-order valence-electron chi connectivity index (χ1n) is 4.58. The number of para-hydroxylation sites is 1. The van der Waals surface area contributed by atoms with Crippen LogP contribution in [0.4, 0.5) is 5.69 Å². The SMILES string of the molecule is N[n+]1cnn(Cc2ccccc2[N+](=O)[O-])c1. The highest BCUT2D eigenvalue weighted by Gasteiger charge is 2.15. The fourth-order valence-electron chi connectivity index (χ4n) is 1.42. The summed E-state index contributed by atoms with van der Waals surface area (Å²) in [5, 5.41) is 14.7. The van der Waals surface area contributed by atoms with Crippen molar-refractivity contribution in [2.24, 2.45) is 0 Å². The first-order valence-corrected chi connectivity index (χ1v) is 4.58. The molecule has 1 aromatic heterocycles. The monoisotopic (exact) mass is 220 g/mol. The molecule has 0 radical (unpaired) electrons. The molecule has 7 nitrogen and oxygen atoms in total. The van der Waals surface area contributed by atoms with E-state index in [1.807, 2.05) is 0 Å². The number of aromatic nitrogens is 3. The van der Waals surface area contributed by atoms with Gasteiger partial charge in [0.25, 0.3) is 12.0 Å². The molecule has 82 valence electrons. The number of nitrogen functional groups attached to an aromatic ring is 1. The van der Waals surface area contributed by atoms with Gasteiger partial charge < -0.3 is 0 Å². The molecule has 1 aromatic carbocycles. The molecule has 2 N–H and O–H groups in total. The van der Waals surface area contributed by atoms with Crippen LogP contribution >= 0.6 is 0 Å². The molecule has 2 rings (SSSR count). The lowest BCUT2D eigenvalue weighted by atomic mass is 10.2. The second-order valence-electron chi connectivity index (χ2n) is 3.28. The number of hydrogen-bond donors (Lipinski definition) is 1. The van der Waals surface area contributed by atoms with Gasteiger partial charge in [0.15, 0.2) is 0 Å². The number of hydrogen-bond acceptors (Lipinski definition) is 4. The molecular weight excluding hydrogens is 210 g/mol. The third kappa shape index (κ3) is 1.97. The molecule has 1 heterocycles. The highest BCUT2D eigenvalue weighted by Crippen LogP contribution is 2.17. The third-order valence-corrected chi connectivity index (χ3v) is 2.12. The van der Waals surface area contributed by atoms with E-state index in [0.29, 0.717) is 12.1 Å². The first-order chi connectivity index (χ1) is 7.66. The van der Waals surface area contributed by atoms with Crippen molar-refractivity contribution in [1.82, 2.24) is 9.78 Å². The van der Waals surface area contributed by atoms with Gasteiger partial charge in [-0.25, -0.2) is 0 Å². The summed E-state index contributed by atoms with van der Waals surface area (Å²) in [6.45, 7) is 0.321. The minimum Gasteiger partial charge on any atom is -0.289 e. The molecule has 0 bridgehead atoms. The zero-order valence-electron chi connectivity index (χ0n) is 8.35. The molecule has 0 spiro atoms. The predicted octanol–water partition coefficient (Wildman–Crippen LogP) is -0.159. The van der Waals surface area contributed by atoms with E-state index in [0.717, 1.165) is 0 Å². The van der Waals surface area contributed by atoms with E-state index < -0.39 is 4.92 Å². The maximum atomic E-state index is 10.8. The van der Waals surface area contributed by atoms with Crippen molar-refractivity contribution in [3.8, 4) is 0 Å². The molecule has 0 saturated carbocycles. The Balaban J connectivity index is 2.31. The molecule has 0 unspecified atom stereocenters. The predicted molar refractivity (Wildman–Crippen MR) is 54.8 cm³/mol. The van der Waals surface area contributed by atoms with E-state index in [1.165, 1.54) is 21.8 Å². The average molecular weight is 220 g/mol. The minimum absolute atomic E-state index is 0.0848. The van der Waals surface area contributed by atoms with Crippen LogP contribution in [0.3, 0.4) is 0 Å². The standard InChI is InChI=1S/C9H10N5O2/c10-12-6-11-13(7-12)5-8-3-1-2-4-9(8)14(15)16/h1-4,6-7H,5,10H2/q+1. The zero-order chi connectivity index (χ0) is 11.5. The van der Waals surface area contributed by atoms with Crippen LogP contribution in [-0.4, -0.2) is 14.7 Å². The van der Waals surface area contributed by atoms with Gasteiger partial charge in [-0.15, -0.1) is 9.36 Å². The Bertz CT molecular complexity index is 522. The van der Waals surface area contributed by atoms with Crippen molar-refractivity contribution in [2.45, 2.75) is 6.54 Å². The van der Waals surface area contributed by atoms with E-state index in [2.05, 4.69) is 5.10 Å². The largest absolute Gasteiger partial charge is 0.289 e. The van der Waals surface area contributed by atoms with Crippen molar-refractivity contribution in [1.29, 1.82) is 0 Å². The molecule has 0 aliphatic heterocycles. The van der Waals surface area contributed by atoms with Gasteiger partial charge in [-0.2, -0.15) is 0 Å². The first kappa shape index (κ1) is 10.1. The van der Waals surface area contributed by atoms with Crippen molar-refractivity contribution < 1.29 is 9.60 Å². The number of rotatable bonds is 3. The molecule has 2 aromatic rings. The Kier molecular flexibility index (Phi) is 2.50. The summed E-state index contributed by atoms with van der Waals surface area (Å²) >= 11 is 0. The van der Waals surface area contributed by atoms with Crippen LogP contribution in [0.25, 0.3) is 0 Å². The average Bonchev–Trinajstić information content (AvgIpc) is 2.64. The number of nitro benzene ring substituents is 1. The number of nitrogens with zero attached hydrogens (tertiary/aromatic N) is 4. The van der Waals surface area contributed by atoms with Crippen LogP contribution in [0.5, 0.6) is 0 Å². The van der Waals surface area contributed by atoms with E-state index in [1.54, 1.807) is 24.5 Å². The fourth-order valence-corrected chi connectivity index (χ4v) is 1.42. The molecule has 7 heteroatoms. The molecule has 0 aliphatic carbocycles. The van der Waals surface area contributed by atoms with Crippen molar-refractivity contribution in [3.63, 3.8) is 0 Å². The summed E-state index contributed by atoms with van der Waals surface area (Å²) in [5.74, 6) is 5.43. The van der Waals surface area contributed by atoms with Crippen LogP contribution in [0, 0.1) is 10.1 Å². The molecule has 0 saturated heterocycles. The molecule has 16 heavy (non-hydrogen) atoms. The van der Waals surface area contributed by atoms with Crippen LogP contribution in [0.15, 0.2) is 36.9 Å². The van der Waals surface area contributed by atoms with Crippen molar-refractivity contribution in [2.75, 3.05) is 5.84 Å². The normalized spacial score (nSPS) is 10.2. The Morgan fingerprint density at radius 2 is 2.25 bits per heavy atom. The smallest absolute Gasteiger partial charge is 0.286 e. The van der Waals surface area contributed by atoms with E-state index in [9.17, 15) is 10.1 Å². The highest BCUT2D eigenvalue weighted by atomic mass is 16.6. The third-order valence-electron chi connectivity index (χ3n) is 2.12. The van der Waals surface area contributed by atoms with Crippen LogP contribution < -0.4 is 10.5 Å². The van der Waals surface area contributed by atoms with Gasteiger partial charge in [0.1, 0.15) is 6.54 Å². The fraction of sp³-hybridized carbons (Fsp3) is 0.111. The van der Waals surface area contributed by atoms with Gasteiger partial charge >= 0.3 is 0 Å². The topological polar surface area (TPSA) is 90.9 Å². The molecule has 0 aliphatic rings. The molecular formula is C9H10N5O2+. The second-order valence-corrected chi connectivity index (χ2v) is 3.28. The number of benzene rings is 1. The Morgan fingerprint density at radius 1 is 1.50 bits per heavy atom. The van der Waals surface area contributed by atoms with Crippen LogP contribution in [0.2, 0.25) is 0 Å². The summed E-state index contributed by atoms with van der Waals surface area (Å²) in [6.07, 6.45) is 2.98. The highest BCUT2D eigenvalue weighted by molar-refractivity contribution is 5.39. The Morgan fingerprint density at radius 3 is 2.88 bits per heavy atom. The van der Waals surface area contributed by atoms with Gasteiger partial charge in [0.05, 0.1) is 10.5 Å². The summed E-state index contributed by atoms with van der Waals surface area (Å²) in [4.78, 5) is 10.4. The summed E-state index contributed by atoms with van der Waals surface area (Å²) in [5.41, 5.74) is 0.678. The molecule has 0 amide bonds. The lowest BCUT2D eigenvalue weighted by Crippen LogP contribution is -2.42. The maximum absolute atomic E-state index is 10.8. The van der Waals surface area contributed by atoms with Gasteiger partial charge in [-0.05, 0) is 6.07 Å². The van der Waals surface area contributed by atoms with Gasteiger partial charge in [0.2, 0.25) is 6.33 Å². The summed E-state index contributed by atoms with van der Waals surface area (Å²) in [6, 6.07) is 6.55. The Hall–Kier alpha value is -2.44. The minimum atomic E-state index is -0.407. The van der Waals surface area contributed by atoms with Gasteiger partial charge in [-0.3, -0.25) is 16.0 Å². The summed E-state index contributed by atoms with van der Waals surface area (Å²) < 4.78 is 2.82. The lowest BCUT2D eigenvalue weighted by molar-refractivity contribution is -0.639. The summed E-state index contributed by atoms with van der Waals surface area (Å²) in [7, 11) is 0. The van der Waals surface area contributed by atoms with Crippen LogP contribution in [-0.2, 0) is 6.54 Å². The maximum Gasteiger partial charge on any atom is 0.286 e. The van der Waals surface area contributed by atoms with Crippen LogP contribution in [0.1, 0.15) is 5.56 Å². The molecule has 0 fully saturated rings. The van der Waals surface area contributed by atoms with E-state index in [4.69, 9.17) is 5.84 Å². The van der Waals surface area contributed by atoms with Gasteiger partial charge in [-0.1, -0.05) is 12.1 Å². The number of nitro groups is 1. The van der Waals surface area contributed by atoms with E-state index in [-0.39, 0.29) is 5.69 Å². The van der Waals surface area contributed by atoms with Gasteiger partial charge in [0, 0.05) is 11.2 Å². The zero-order valence-corrected chi connectivity index (χ0v) is 8.35. The van der Waals surface area contributed by atoms with Crippen molar-refractivity contribution >= 4 is 5.69 Å². The van der Waals surface area contributed by atoms with E-state index >= 15 is 0 Å². The molecule has 0 atom stereocenters. The Labute approximate surface area is 90.9 Å². The second kappa shape index (κ2) is 3.97. The quantitative estimate of drug-likeness (QED) is 0.337.